The van der Waals surface area contributed by atoms with Gasteiger partial charge in [0.25, 0.3) is 0 Å². The number of hydrogen-bond acceptors (Lipinski definition) is 2. The van der Waals surface area contributed by atoms with Crippen LogP contribution in [0.25, 0.3) is 0 Å². The van der Waals surface area contributed by atoms with Gasteiger partial charge >= 0.3 is 0 Å². The minimum Gasteiger partial charge on any atom is -0.354 e. The van der Waals surface area contributed by atoms with Crippen LogP contribution in [0.15, 0.2) is 40.9 Å². The molecule has 0 spiro atoms. The molecule has 2 aromatic carbocycles. The van der Waals surface area contributed by atoms with Gasteiger partial charge in [0.05, 0.1) is 11.3 Å². The number of nitriles is 1. The molecule has 0 saturated heterocycles. The predicted octanol–water partition coefficient (Wildman–Crippen LogP) is 4.51. The summed E-state index contributed by atoms with van der Waals surface area (Å²) in [7, 11) is 0. The Balaban J connectivity index is 2.37. The highest BCUT2D eigenvalue weighted by Crippen LogP contribution is 2.25. The van der Waals surface area contributed by atoms with Crippen LogP contribution in [-0.2, 0) is 0 Å². The van der Waals surface area contributed by atoms with Crippen LogP contribution in [0, 0.1) is 24.1 Å². The summed E-state index contributed by atoms with van der Waals surface area (Å²) in [6.07, 6.45) is 0. The molecule has 0 fully saturated rings. The highest BCUT2D eigenvalue weighted by Gasteiger charge is 2.04. The van der Waals surface area contributed by atoms with Crippen molar-refractivity contribution in [2.24, 2.45) is 0 Å². The van der Waals surface area contributed by atoms with E-state index in [1.54, 1.807) is 12.1 Å². The number of anilines is 2. The molecule has 0 unspecified atom stereocenters. The Morgan fingerprint density at radius 1 is 1.22 bits per heavy atom. The largest absolute Gasteiger partial charge is 0.354 e. The summed E-state index contributed by atoms with van der Waals surface area (Å²) in [5.41, 5.74) is 2.62. The van der Waals surface area contributed by atoms with Crippen LogP contribution in [0.3, 0.4) is 0 Å². The average Bonchev–Trinajstić information content (AvgIpc) is 2.30. The first-order chi connectivity index (χ1) is 8.58. The van der Waals surface area contributed by atoms with Crippen molar-refractivity contribution >= 4 is 27.3 Å². The van der Waals surface area contributed by atoms with Crippen LogP contribution in [0.2, 0.25) is 0 Å². The van der Waals surface area contributed by atoms with Gasteiger partial charge in [0.1, 0.15) is 11.9 Å². The lowest BCUT2D eigenvalue weighted by Gasteiger charge is -2.09. The van der Waals surface area contributed by atoms with Crippen molar-refractivity contribution in [3.63, 3.8) is 0 Å². The van der Waals surface area contributed by atoms with Gasteiger partial charge in [-0.15, -0.1) is 0 Å². The third kappa shape index (κ3) is 2.88. The van der Waals surface area contributed by atoms with Gasteiger partial charge in [-0.3, -0.25) is 0 Å². The van der Waals surface area contributed by atoms with E-state index in [9.17, 15) is 4.39 Å². The molecule has 0 bridgehead atoms. The fourth-order valence-electron chi connectivity index (χ4n) is 1.68. The number of hydrogen-bond donors (Lipinski definition) is 1. The SMILES string of the molecule is Cc1cc(F)cc(Nc2ccc(Br)cc2C#N)c1. The highest BCUT2D eigenvalue weighted by atomic mass is 79.9. The van der Waals surface area contributed by atoms with Gasteiger partial charge in [0.15, 0.2) is 0 Å². The summed E-state index contributed by atoms with van der Waals surface area (Å²) in [4.78, 5) is 0. The molecular weight excluding hydrogens is 295 g/mol. The smallest absolute Gasteiger partial charge is 0.125 e. The molecule has 0 aliphatic rings. The van der Waals surface area contributed by atoms with E-state index in [1.807, 2.05) is 19.1 Å². The Hall–Kier alpha value is -1.86. The number of aryl methyl sites for hydroxylation is 1. The quantitative estimate of drug-likeness (QED) is 0.886. The molecule has 0 atom stereocenters. The van der Waals surface area contributed by atoms with Crippen LogP contribution in [0.1, 0.15) is 11.1 Å². The molecule has 4 heteroatoms. The zero-order valence-corrected chi connectivity index (χ0v) is 11.3. The number of nitrogens with one attached hydrogen (secondary N) is 1. The minimum absolute atomic E-state index is 0.298. The molecule has 1 N–H and O–H groups in total. The van der Waals surface area contributed by atoms with Crippen molar-refractivity contribution in [1.82, 2.24) is 0 Å². The van der Waals surface area contributed by atoms with Crippen LogP contribution >= 0.6 is 15.9 Å². The zero-order valence-electron chi connectivity index (χ0n) is 9.67. The first-order valence-electron chi connectivity index (χ1n) is 5.32. The summed E-state index contributed by atoms with van der Waals surface area (Å²) < 4.78 is 14.1. The van der Waals surface area contributed by atoms with Gasteiger partial charge in [-0.2, -0.15) is 5.26 Å². The summed E-state index contributed by atoms with van der Waals surface area (Å²) in [5, 5.41) is 12.1. The van der Waals surface area contributed by atoms with Crippen LogP contribution in [-0.4, -0.2) is 0 Å². The summed E-state index contributed by atoms with van der Waals surface area (Å²) in [6, 6.07) is 12.1. The van der Waals surface area contributed by atoms with Crippen LogP contribution in [0.5, 0.6) is 0 Å². The lowest BCUT2D eigenvalue weighted by atomic mass is 10.1. The molecule has 0 heterocycles. The molecule has 2 nitrogen and oxygen atoms in total. The second-order valence-electron chi connectivity index (χ2n) is 3.94. The molecule has 0 aliphatic heterocycles. The molecule has 0 radical (unpaired) electrons. The Labute approximate surface area is 113 Å². The standard InChI is InChI=1S/C14H10BrFN2/c1-9-4-12(16)7-13(5-9)18-14-3-2-11(15)6-10(14)8-17/h2-7,18H,1H3. The first-order valence-corrected chi connectivity index (χ1v) is 6.11. The topological polar surface area (TPSA) is 35.8 Å². The maximum atomic E-state index is 13.3. The third-order valence-corrected chi connectivity index (χ3v) is 2.92. The number of benzene rings is 2. The number of nitrogens with zero attached hydrogens (tertiary/aromatic N) is 1. The van der Waals surface area contributed by atoms with Gasteiger partial charge in [-0.1, -0.05) is 15.9 Å². The molecule has 90 valence electrons. The molecule has 0 saturated carbocycles. The third-order valence-electron chi connectivity index (χ3n) is 2.42. The minimum atomic E-state index is -0.298. The number of halogens is 2. The summed E-state index contributed by atoms with van der Waals surface area (Å²) in [6.45, 7) is 1.82. The fraction of sp³-hybridized carbons (Fsp3) is 0.0714. The van der Waals surface area contributed by atoms with E-state index in [0.717, 1.165) is 10.0 Å². The van der Waals surface area contributed by atoms with Crippen molar-refractivity contribution in [2.75, 3.05) is 5.32 Å². The van der Waals surface area contributed by atoms with Crippen molar-refractivity contribution < 1.29 is 4.39 Å². The van der Waals surface area contributed by atoms with Gasteiger partial charge in [-0.25, -0.2) is 4.39 Å². The highest BCUT2D eigenvalue weighted by molar-refractivity contribution is 9.10. The Morgan fingerprint density at radius 3 is 2.67 bits per heavy atom. The van der Waals surface area contributed by atoms with E-state index in [1.165, 1.54) is 12.1 Å². The van der Waals surface area contributed by atoms with Gasteiger partial charge in [0.2, 0.25) is 0 Å². The molecule has 18 heavy (non-hydrogen) atoms. The molecule has 2 aromatic rings. The van der Waals surface area contributed by atoms with E-state index >= 15 is 0 Å². The van der Waals surface area contributed by atoms with Gasteiger partial charge in [-0.05, 0) is 48.9 Å². The molecule has 0 amide bonds. The Morgan fingerprint density at radius 2 is 2.00 bits per heavy atom. The van der Waals surface area contributed by atoms with Gasteiger partial charge in [0, 0.05) is 10.2 Å². The lowest BCUT2D eigenvalue weighted by Crippen LogP contribution is -1.95. The lowest BCUT2D eigenvalue weighted by molar-refractivity contribution is 0.627. The van der Waals surface area contributed by atoms with Crippen LogP contribution < -0.4 is 5.32 Å². The van der Waals surface area contributed by atoms with Gasteiger partial charge < -0.3 is 5.32 Å². The van der Waals surface area contributed by atoms with E-state index in [2.05, 4.69) is 27.3 Å². The van der Waals surface area contributed by atoms with Crippen molar-refractivity contribution in [3.8, 4) is 6.07 Å². The second kappa shape index (κ2) is 5.19. The van der Waals surface area contributed by atoms with E-state index in [-0.39, 0.29) is 5.82 Å². The summed E-state index contributed by atoms with van der Waals surface area (Å²) >= 11 is 3.31. The van der Waals surface area contributed by atoms with Crippen LogP contribution in [0.4, 0.5) is 15.8 Å². The monoisotopic (exact) mass is 304 g/mol. The van der Waals surface area contributed by atoms with Crippen molar-refractivity contribution in [1.29, 1.82) is 5.26 Å². The van der Waals surface area contributed by atoms with Crippen molar-refractivity contribution in [3.05, 3.63) is 57.8 Å². The number of rotatable bonds is 2. The van der Waals surface area contributed by atoms with E-state index in [0.29, 0.717) is 16.9 Å². The maximum Gasteiger partial charge on any atom is 0.125 e. The molecule has 0 aromatic heterocycles. The average molecular weight is 305 g/mol. The molecular formula is C14H10BrFN2. The van der Waals surface area contributed by atoms with E-state index in [4.69, 9.17) is 5.26 Å². The van der Waals surface area contributed by atoms with Crippen molar-refractivity contribution in [2.45, 2.75) is 6.92 Å². The fourth-order valence-corrected chi connectivity index (χ4v) is 2.04. The normalized spacial score (nSPS) is 9.89. The summed E-state index contributed by atoms with van der Waals surface area (Å²) in [5.74, 6) is -0.298. The maximum absolute atomic E-state index is 13.3. The predicted molar refractivity (Wildman–Crippen MR) is 73.3 cm³/mol. The zero-order chi connectivity index (χ0) is 13.1. The molecule has 0 aliphatic carbocycles. The second-order valence-corrected chi connectivity index (χ2v) is 4.86. The first kappa shape index (κ1) is 12.6. The Kier molecular flexibility index (Phi) is 3.63. The van der Waals surface area contributed by atoms with E-state index < -0.39 is 0 Å². The Bertz CT molecular complexity index is 612. The molecule has 2 rings (SSSR count).